The van der Waals surface area contributed by atoms with Crippen LogP contribution in [0, 0.1) is 0 Å². The minimum Gasteiger partial charge on any atom is -0.466 e. The number of aryl methyl sites for hydroxylation is 1. The minimum absolute atomic E-state index is 0.166. The molecule has 1 N–H and O–H groups in total. The highest BCUT2D eigenvalue weighted by Crippen LogP contribution is 2.32. The van der Waals surface area contributed by atoms with Gasteiger partial charge in [0.25, 0.3) is 0 Å². The third-order valence-electron chi connectivity index (χ3n) is 3.75. The van der Waals surface area contributed by atoms with Crippen LogP contribution in [-0.4, -0.2) is 17.6 Å². The first-order chi connectivity index (χ1) is 9.70. The lowest BCUT2D eigenvalue weighted by Gasteiger charge is -2.29. The molecule has 0 saturated heterocycles. The number of carbonyl (C=O) groups excluding carboxylic acids is 1. The van der Waals surface area contributed by atoms with E-state index in [1.165, 1.54) is 0 Å². The number of amides is 1. The Morgan fingerprint density at radius 2 is 2.20 bits per heavy atom. The minimum atomic E-state index is -0.761. The van der Waals surface area contributed by atoms with Gasteiger partial charge in [-0.05, 0) is 42.7 Å². The van der Waals surface area contributed by atoms with E-state index in [4.69, 9.17) is 4.42 Å². The van der Waals surface area contributed by atoms with Crippen LogP contribution in [-0.2, 0) is 11.2 Å². The van der Waals surface area contributed by atoms with E-state index in [-0.39, 0.29) is 5.91 Å². The molecule has 20 heavy (non-hydrogen) atoms. The lowest BCUT2D eigenvalue weighted by atomic mass is 9.96. The summed E-state index contributed by atoms with van der Waals surface area (Å²) in [7, 11) is 0. The number of aliphatic hydroxyl groups is 1. The zero-order valence-corrected chi connectivity index (χ0v) is 11.4. The highest BCUT2D eigenvalue weighted by atomic mass is 16.4. The van der Waals surface area contributed by atoms with Crippen molar-refractivity contribution >= 4 is 11.6 Å². The van der Waals surface area contributed by atoms with E-state index in [9.17, 15) is 9.90 Å². The first kappa shape index (κ1) is 12.9. The van der Waals surface area contributed by atoms with Gasteiger partial charge >= 0.3 is 0 Å². The van der Waals surface area contributed by atoms with Crippen LogP contribution in [0.3, 0.4) is 0 Å². The van der Waals surface area contributed by atoms with Crippen LogP contribution in [0.1, 0.15) is 36.3 Å². The largest absolute Gasteiger partial charge is 0.466 e. The van der Waals surface area contributed by atoms with Crippen LogP contribution in [0.4, 0.5) is 5.69 Å². The van der Waals surface area contributed by atoms with E-state index in [0.29, 0.717) is 18.7 Å². The van der Waals surface area contributed by atoms with E-state index in [2.05, 4.69) is 0 Å². The highest BCUT2D eigenvalue weighted by molar-refractivity contribution is 5.96. The zero-order valence-electron chi connectivity index (χ0n) is 11.4. The molecule has 0 radical (unpaired) electrons. The maximum Gasteiger partial charge on any atom is 0.227 e. The standard InChI is InChI=1S/C16H17NO3/c1-2-17-13-7-5-12(10-11(13)6-8-15(17)18)16(19)14-4-3-9-20-14/h3-5,7,9-10,16,19H,2,6,8H2,1H3. The summed E-state index contributed by atoms with van der Waals surface area (Å²) in [6.07, 6.45) is 2.04. The number of nitrogens with zero attached hydrogens (tertiary/aromatic N) is 1. The molecule has 1 amide bonds. The number of carbonyl (C=O) groups is 1. The molecule has 2 heterocycles. The molecule has 1 aromatic carbocycles. The molecule has 1 aliphatic rings. The van der Waals surface area contributed by atoms with E-state index >= 15 is 0 Å². The molecular weight excluding hydrogens is 254 g/mol. The summed E-state index contributed by atoms with van der Waals surface area (Å²) in [6.45, 7) is 2.64. The fourth-order valence-electron chi connectivity index (χ4n) is 2.71. The molecule has 4 heteroatoms. The molecule has 0 spiro atoms. The van der Waals surface area contributed by atoms with Crippen molar-refractivity contribution in [3.05, 3.63) is 53.5 Å². The molecule has 4 nitrogen and oxygen atoms in total. The Bertz CT molecular complexity index is 619. The predicted molar refractivity (Wildman–Crippen MR) is 75.6 cm³/mol. The predicted octanol–water partition coefficient (Wildman–Crippen LogP) is 2.66. The number of hydrogen-bond donors (Lipinski definition) is 1. The van der Waals surface area contributed by atoms with Gasteiger partial charge in [-0.15, -0.1) is 0 Å². The van der Waals surface area contributed by atoms with Crippen molar-refractivity contribution in [3.63, 3.8) is 0 Å². The molecule has 0 aliphatic carbocycles. The molecule has 1 unspecified atom stereocenters. The molecule has 1 aliphatic heterocycles. The highest BCUT2D eigenvalue weighted by Gasteiger charge is 2.24. The maximum absolute atomic E-state index is 11.9. The number of anilines is 1. The molecule has 1 atom stereocenters. The van der Waals surface area contributed by atoms with Gasteiger partial charge in [-0.1, -0.05) is 12.1 Å². The van der Waals surface area contributed by atoms with Gasteiger partial charge in [0.05, 0.1) is 6.26 Å². The summed E-state index contributed by atoms with van der Waals surface area (Å²) in [6, 6.07) is 9.25. The van der Waals surface area contributed by atoms with Crippen molar-refractivity contribution in [1.82, 2.24) is 0 Å². The Morgan fingerprint density at radius 3 is 2.90 bits per heavy atom. The molecule has 0 saturated carbocycles. The molecule has 104 valence electrons. The van der Waals surface area contributed by atoms with Crippen molar-refractivity contribution in [2.24, 2.45) is 0 Å². The van der Waals surface area contributed by atoms with Gasteiger partial charge in [0.1, 0.15) is 11.9 Å². The monoisotopic (exact) mass is 271 g/mol. The number of hydrogen-bond acceptors (Lipinski definition) is 3. The van der Waals surface area contributed by atoms with E-state index in [1.807, 2.05) is 25.1 Å². The number of fused-ring (bicyclic) bond motifs is 1. The van der Waals surface area contributed by atoms with Gasteiger partial charge in [0.15, 0.2) is 0 Å². The second kappa shape index (κ2) is 5.13. The molecule has 0 bridgehead atoms. The van der Waals surface area contributed by atoms with Gasteiger partial charge in [-0.2, -0.15) is 0 Å². The van der Waals surface area contributed by atoms with Gasteiger partial charge in [-0.25, -0.2) is 0 Å². The zero-order chi connectivity index (χ0) is 14.1. The van der Waals surface area contributed by atoms with Crippen LogP contribution in [0.15, 0.2) is 41.0 Å². The summed E-state index contributed by atoms with van der Waals surface area (Å²) in [5.74, 6) is 0.698. The van der Waals surface area contributed by atoms with Crippen LogP contribution < -0.4 is 4.90 Å². The van der Waals surface area contributed by atoms with Gasteiger partial charge < -0.3 is 14.4 Å². The van der Waals surface area contributed by atoms with Gasteiger partial charge in [0.2, 0.25) is 5.91 Å². The number of aliphatic hydroxyl groups excluding tert-OH is 1. The van der Waals surface area contributed by atoms with Crippen LogP contribution in [0.25, 0.3) is 0 Å². The average Bonchev–Trinajstić information content (AvgIpc) is 3.00. The van der Waals surface area contributed by atoms with E-state index < -0.39 is 6.10 Å². The molecule has 2 aromatic rings. The molecule has 1 aromatic heterocycles. The first-order valence-electron chi connectivity index (χ1n) is 6.85. The lowest BCUT2D eigenvalue weighted by Crippen LogP contribution is -2.34. The Kier molecular flexibility index (Phi) is 3.32. The third kappa shape index (κ3) is 2.12. The quantitative estimate of drug-likeness (QED) is 0.933. The second-order valence-corrected chi connectivity index (χ2v) is 4.94. The van der Waals surface area contributed by atoms with E-state index in [0.717, 1.165) is 23.2 Å². The van der Waals surface area contributed by atoms with Crippen molar-refractivity contribution < 1.29 is 14.3 Å². The summed E-state index contributed by atoms with van der Waals surface area (Å²) in [5, 5.41) is 10.3. The summed E-state index contributed by atoms with van der Waals surface area (Å²) in [4.78, 5) is 13.6. The van der Waals surface area contributed by atoms with Crippen molar-refractivity contribution in [2.45, 2.75) is 25.9 Å². The maximum atomic E-state index is 11.9. The summed E-state index contributed by atoms with van der Waals surface area (Å²) >= 11 is 0. The Hall–Kier alpha value is -2.07. The molecule has 0 fully saturated rings. The fourth-order valence-corrected chi connectivity index (χ4v) is 2.71. The average molecular weight is 271 g/mol. The Balaban J connectivity index is 1.96. The lowest BCUT2D eigenvalue weighted by molar-refractivity contribution is -0.118. The Labute approximate surface area is 117 Å². The SMILES string of the molecule is CCN1C(=O)CCc2cc(C(O)c3ccco3)ccc21. The topological polar surface area (TPSA) is 53.7 Å². The first-order valence-corrected chi connectivity index (χ1v) is 6.85. The summed E-state index contributed by atoms with van der Waals surface area (Å²) < 4.78 is 5.24. The van der Waals surface area contributed by atoms with Crippen LogP contribution in [0.2, 0.25) is 0 Å². The van der Waals surface area contributed by atoms with Crippen molar-refractivity contribution in [1.29, 1.82) is 0 Å². The summed E-state index contributed by atoms with van der Waals surface area (Å²) in [5.41, 5.74) is 2.86. The van der Waals surface area contributed by atoms with E-state index in [1.54, 1.807) is 23.3 Å². The smallest absolute Gasteiger partial charge is 0.227 e. The second-order valence-electron chi connectivity index (χ2n) is 4.94. The van der Waals surface area contributed by atoms with Crippen molar-refractivity contribution in [3.8, 4) is 0 Å². The molecule has 3 rings (SSSR count). The third-order valence-corrected chi connectivity index (χ3v) is 3.75. The number of rotatable bonds is 3. The van der Waals surface area contributed by atoms with Gasteiger partial charge in [0, 0.05) is 18.7 Å². The Morgan fingerprint density at radius 1 is 1.35 bits per heavy atom. The van der Waals surface area contributed by atoms with Crippen molar-refractivity contribution in [2.75, 3.05) is 11.4 Å². The fraction of sp³-hybridized carbons (Fsp3) is 0.312. The van der Waals surface area contributed by atoms with Crippen LogP contribution in [0.5, 0.6) is 0 Å². The number of furan rings is 1. The number of benzene rings is 1. The van der Waals surface area contributed by atoms with Crippen LogP contribution >= 0.6 is 0 Å². The normalized spacial score (nSPS) is 16.1. The molecular formula is C16H17NO3. The van der Waals surface area contributed by atoms with Gasteiger partial charge in [-0.3, -0.25) is 4.79 Å².